The second-order valence-corrected chi connectivity index (χ2v) is 9.77. The molecule has 0 aromatic rings. The maximum absolute atomic E-state index is 12.0. The van der Waals surface area contributed by atoms with Gasteiger partial charge in [-0.3, -0.25) is 4.79 Å². The highest BCUT2D eigenvalue weighted by Gasteiger charge is 2.42. The average Bonchev–Trinajstić information content (AvgIpc) is 2.78. The summed E-state index contributed by atoms with van der Waals surface area (Å²) in [6.07, 6.45) is 9.87. The molecule has 0 aliphatic carbocycles. The van der Waals surface area contributed by atoms with E-state index in [0.717, 1.165) is 38.5 Å². The highest BCUT2D eigenvalue weighted by atomic mass is 35.5. The Morgan fingerprint density at radius 3 is 1.94 bits per heavy atom. The van der Waals surface area contributed by atoms with Crippen molar-refractivity contribution in [3.63, 3.8) is 0 Å². The van der Waals surface area contributed by atoms with Gasteiger partial charge in [-0.05, 0) is 19.3 Å². The van der Waals surface area contributed by atoms with Crippen LogP contribution in [0.3, 0.4) is 0 Å². The quantitative estimate of drug-likeness (QED) is 0.152. The molecule has 6 atom stereocenters. The molecular formula is C24H46ClNO6. The van der Waals surface area contributed by atoms with Crippen molar-refractivity contribution in [3.8, 4) is 0 Å². The monoisotopic (exact) mass is 479 g/mol. The molecule has 8 heteroatoms. The Balaban J connectivity index is 1.94. The molecule has 0 saturated carbocycles. The van der Waals surface area contributed by atoms with Crippen LogP contribution in [0.25, 0.3) is 0 Å². The van der Waals surface area contributed by atoms with E-state index in [2.05, 4.69) is 12.2 Å². The lowest BCUT2D eigenvalue weighted by Gasteiger charge is -2.38. The van der Waals surface area contributed by atoms with Gasteiger partial charge in [0, 0.05) is 18.3 Å². The van der Waals surface area contributed by atoms with Crippen molar-refractivity contribution in [3.05, 3.63) is 0 Å². The van der Waals surface area contributed by atoms with Crippen LogP contribution < -0.4 is 5.32 Å². The molecule has 190 valence electrons. The summed E-state index contributed by atoms with van der Waals surface area (Å²) in [5.41, 5.74) is 0. The number of aliphatic hydroxyl groups excluding tert-OH is 4. The third-order valence-corrected chi connectivity index (χ3v) is 6.67. The van der Waals surface area contributed by atoms with E-state index in [9.17, 15) is 25.2 Å². The van der Waals surface area contributed by atoms with Crippen molar-refractivity contribution in [2.75, 3.05) is 6.54 Å². The Kier molecular flexibility index (Phi) is 16.6. The summed E-state index contributed by atoms with van der Waals surface area (Å²) in [5.74, 6) is -0.157. The summed E-state index contributed by atoms with van der Waals surface area (Å²) in [4.78, 5) is 12.0. The molecule has 1 aliphatic heterocycles. The van der Waals surface area contributed by atoms with Gasteiger partial charge >= 0.3 is 0 Å². The van der Waals surface area contributed by atoms with Gasteiger partial charge in [0.1, 0.15) is 24.4 Å². The molecule has 0 bridgehead atoms. The molecule has 1 saturated heterocycles. The number of halogens is 1. The molecule has 1 heterocycles. The first kappa shape index (κ1) is 29.6. The van der Waals surface area contributed by atoms with Gasteiger partial charge < -0.3 is 30.5 Å². The van der Waals surface area contributed by atoms with Crippen LogP contribution in [0.2, 0.25) is 0 Å². The van der Waals surface area contributed by atoms with Crippen molar-refractivity contribution in [1.82, 2.24) is 5.32 Å². The molecule has 2 unspecified atom stereocenters. The molecule has 0 aromatic carbocycles. The van der Waals surface area contributed by atoms with E-state index in [1.807, 2.05) is 0 Å². The normalized spacial score (nSPS) is 26.8. The van der Waals surface area contributed by atoms with Gasteiger partial charge in [-0.15, -0.1) is 11.6 Å². The summed E-state index contributed by atoms with van der Waals surface area (Å²) in [5, 5.41) is 41.4. The number of carbonyl (C=O) groups is 1. The minimum atomic E-state index is -1.58. The van der Waals surface area contributed by atoms with E-state index in [1.165, 1.54) is 51.4 Å². The van der Waals surface area contributed by atoms with Gasteiger partial charge in [-0.2, -0.15) is 0 Å². The molecule has 1 rings (SSSR count). The second kappa shape index (κ2) is 18.0. The summed E-state index contributed by atoms with van der Waals surface area (Å²) >= 11 is 6.43. The van der Waals surface area contributed by atoms with Crippen LogP contribution in [0.15, 0.2) is 0 Å². The highest BCUT2D eigenvalue weighted by Crippen LogP contribution is 2.20. The van der Waals surface area contributed by atoms with Crippen molar-refractivity contribution in [2.24, 2.45) is 0 Å². The van der Waals surface area contributed by atoms with Gasteiger partial charge in [0.05, 0.1) is 0 Å². The number of carbonyl (C=O) groups excluding carboxylic acids is 1. The molecule has 0 aromatic heterocycles. The SMILES string of the molecule is CCCCCCCCC(Cl)CCCCCCCCC(=O)NC[C@H]1OC(O)[C@H](O)[C@@H](O)[C@H]1O. The lowest BCUT2D eigenvalue weighted by Crippen LogP contribution is -2.59. The Hall–Kier alpha value is -0.440. The Morgan fingerprint density at radius 1 is 0.812 bits per heavy atom. The summed E-state index contributed by atoms with van der Waals surface area (Å²) < 4.78 is 5.04. The van der Waals surface area contributed by atoms with Crippen molar-refractivity contribution in [1.29, 1.82) is 0 Å². The molecule has 1 fully saturated rings. The average molecular weight is 480 g/mol. The Labute approximate surface area is 198 Å². The van der Waals surface area contributed by atoms with Gasteiger partial charge in [0.15, 0.2) is 6.29 Å². The largest absolute Gasteiger partial charge is 0.388 e. The zero-order chi connectivity index (χ0) is 23.8. The van der Waals surface area contributed by atoms with Crippen LogP contribution in [0.5, 0.6) is 0 Å². The van der Waals surface area contributed by atoms with Crippen molar-refractivity contribution >= 4 is 17.5 Å². The predicted molar refractivity (Wildman–Crippen MR) is 126 cm³/mol. The third kappa shape index (κ3) is 12.7. The minimum Gasteiger partial charge on any atom is -0.388 e. The molecule has 0 radical (unpaired) electrons. The Bertz CT molecular complexity index is 483. The predicted octanol–water partition coefficient (Wildman–Crippen LogP) is 3.38. The van der Waals surface area contributed by atoms with Gasteiger partial charge in [0.25, 0.3) is 0 Å². The van der Waals surface area contributed by atoms with E-state index in [-0.39, 0.29) is 12.5 Å². The fourth-order valence-electron chi connectivity index (χ4n) is 4.05. The number of hydrogen-bond acceptors (Lipinski definition) is 6. The maximum atomic E-state index is 12.0. The smallest absolute Gasteiger partial charge is 0.220 e. The van der Waals surface area contributed by atoms with Crippen LogP contribution in [0.1, 0.15) is 103 Å². The number of ether oxygens (including phenoxy) is 1. The molecule has 5 N–H and O–H groups in total. The molecule has 7 nitrogen and oxygen atoms in total. The van der Waals surface area contributed by atoms with Crippen LogP contribution >= 0.6 is 11.6 Å². The topological polar surface area (TPSA) is 119 Å². The number of unbranched alkanes of at least 4 members (excludes halogenated alkanes) is 10. The molecular weight excluding hydrogens is 434 g/mol. The first-order valence-corrected chi connectivity index (χ1v) is 13.1. The third-order valence-electron chi connectivity index (χ3n) is 6.23. The first-order chi connectivity index (χ1) is 15.4. The number of nitrogens with one attached hydrogen (secondary N) is 1. The number of hydrogen-bond donors (Lipinski definition) is 5. The molecule has 1 aliphatic rings. The number of rotatable bonds is 18. The van der Waals surface area contributed by atoms with Crippen LogP contribution in [-0.4, -0.2) is 69.0 Å². The van der Waals surface area contributed by atoms with E-state index < -0.39 is 30.7 Å². The zero-order valence-corrected chi connectivity index (χ0v) is 20.5. The number of amides is 1. The Morgan fingerprint density at radius 2 is 1.34 bits per heavy atom. The van der Waals surface area contributed by atoms with E-state index in [4.69, 9.17) is 16.3 Å². The fraction of sp³-hybridized carbons (Fsp3) is 0.958. The lowest BCUT2D eigenvalue weighted by molar-refractivity contribution is -0.280. The number of aliphatic hydroxyl groups is 4. The highest BCUT2D eigenvalue weighted by molar-refractivity contribution is 6.20. The van der Waals surface area contributed by atoms with E-state index >= 15 is 0 Å². The maximum Gasteiger partial charge on any atom is 0.220 e. The fourth-order valence-corrected chi connectivity index (χ4v) is 4.36. The van der Waals surface area contributed by atoms with E-state index in [0.29, 0.717) is 11.8 Å². The van der Waals surface area contributed by atoms with Gasteiger partial charge in [-0.25, -0.2) is 0 Å². The van der Waals surface area contributed by atoms with Crippen LogP contribution in [-0.2, 0) is 9.53 Å². The lowest BCUT2D eigenvalue weighted by atomic mass is 9.99. The standard InChI is InChI=1S/C24H46ClNO6/c1-2-3-4-5-8-11-14-18(25)15-12-9-6-7-10-13-16-20(27)26-17-19-21(28)22(29)23(30)24(31)32-19/h18-19,21-24,28-31H,2-17H2,1H3,(H,26,27)/t18?,19-,21+,22+,23-,24?/m1/s1. The first-order valence-electron chi connectivity index (χ1n) is 12.6. The minimum absolute atomic E-state index is 0.0286. The molecule has 0 spiro atoms. The van der Waals surface area contributed by atoms with E-state index in [1.54, 1.807) is 0 Å². The van der Waals surface area contributed by atoms with Crippen molar-refractivity contribution < 1.29 is 30.0 Å². The summed E-state index contributed by atoms with van der Waals surface area (Å²) in [7, 11) is 0. The van der Waals surface area contributed by atoms with Gasteiger partial charge in [-0.1, -0.05) is 77.6 Å². The molecule has 32 heavy (non-hydrogen) atoms. The molecule has 1 amide bonds. The van der Waals surface area contributed by atoms with Crippen molar-refractivity contribution in [2.45, 2.75) is 139 Å². The summed E-state index contributed by atoms with van der Waals surface area (Å²) in [6.45, 7) is 2.21. The second-order valence-electron chi connectivity index (χ2n) is 9.15. The summed E-state index contributed by atoms with van der Waals surface area (Å²) in [6, 6.07) is 0. The number of alkyl halides is 1. The zero-order valence-electron chi connectivity index (χ0n) is 19.8. The van der Waals surface area contributed by atoms with Gasteiger partial charge in [0.2, 0.25) is 5.91 Å². The van der Waals surface area contributed by atoms with Crippen LogP contribution in [0, 0.1) is 0 Å². The van der Waals surface area contributed by atoms with Crippen LogP contribution in [0.4, 0.5) is 0 Å².